The summed E-state index contributed by atoms with van der Waals surface area (Å²) < 4.78 is 1.24. The van der Waals surface area contributed by atoms with E-state index in [0.717, 1.165) is 24.8 Å². The highest BCUT2D eigenvalue weighted by Crippen LogP contribution is 2.23. The molecule has 2 amide bonds. The van der Waals surface area contributed by atoms with Crippen molar-refractivity contribution in [1.29, 1.82) is 0 Å². The Bertz CT molecular complexity index is 1170. The van der Waals surface area contributed by atoms with Crippen LogP contribution in [0.15, 0.2) is 47.3 Å². The van der Waals surface area contributed by atoms with Crippen molar-refractivity contribution in [3.63, 3.8) is 0 Å². The zero-order valence-corrected chi connectivity index (χ0v) is 16.2. The molecule has 2 N–H and O–H groups in total. The lowest BCUT2D eigenvalue weighted by Gasteiger charge is -2.11. The highest BCUT2D eigenvalue weighted by Gasteiger charge is 2.17. The molecule has 4 rings (SSSR count). The van der Waals surface area contributed by atoms with E-state index in [1.165, 1.54) is 15.8 Å². The van der Waals surface area contributed by atoms with Gasteiger partial charge in [0.05, 0.1) is 11.8 Å². The van der Waals surface area contributed by atoms with Gasteiger partial charge in [0.2, 0.25) is 5.91 Å². The van der Waals surface area contributed by atoms with Crippen LogP contribution in [0.4, 0.5) is 0 Å². The van der Waals surface area contributed by atoms with Crippen LogP contribution in [-0.4, -0.2) is 21.6 Å². The summed E-state index contributed by atoms with van der Waals surface area (Å²) in [6, 6.07) is 12.9. The molecule has 0 atom stereocenters. The molecule has 0 radical (unpaired) electrons. The fourth-order valence-electron chi connectivity index (χ4n) is 3.77. The number of carbonyl (C=O) groups is 2. The molecule has 0 unspecified atom stereocenters. The van der Waals surface area contributed by atoms with E-state index in [1.807, 2.05) is 6.07 Å². The number of amides is 2. The number of hydrogen-bond acceptors (Lipinski definition) is 4. The minimum atomic E-state index is -0.564. The number of carbonyl (C=O) groups excluding carboxylic acids is 2. The van der Waals surface area contributed by atoms with Crippen LogP contribution >= 0.6 is 0 Å². The lowest BCUT2D eigenvalue weighted by molar-refractivity contribution is -0.121. The molecule has 0 spiro atoms. The second-order valence-electron chi connectivity index (χ2n) is 7.15. The monoisotopic (exact) mass is 390 g/mol. The van der Waals surface area contributed by atoms with Crippen LogP contribution in [-0.2, 0) is 30.6 Å². The Morgan fingerprint density at radius 1 is 1.03 bits per heavy atom. The van der Waals surface area contributed by atoms with E-state index in [1.54, 1.807) is 31.2 Å². The Kier molecular flexibility index (Phi) is 5.12. The SMILES string of the molecule is CCn1nc(C(=O)NNC(=O)Cc2ccc3c(c2)CCC3)c2ccccc2c1=O. The number of nitrogens with zero attached hydrogens (tertiary/aromatic N) is 2. The molecule has 3 aromatic rings. The van der Waals surface area contributed by atoms with Crippen molar-refractivity contribution in [3.05, 3.63) is 75.2 Å². The molecule has 2 aromatic carbocycles. The van der Waals surface area contributed by atoms with Crippen LogP contribution in [0.1, 0.15) is 40.5 Å². The molecular weight excluding hydrogens is 368 g/mol. The van der Waals surface area contributed by atoms with Crippen molar-refractivity contribution in [3.8, 4) is 0 Å². The van der Waals surface area contributed by atoms with Gasteiger partial charge >= 0.3 is 0 Å². The molecule has 29 heavy (non-hydrogen) atoms. The maximum atomic E-state index is 12.6. The summed E-state index contributed by atoms with van der Waals surface area (Å²) in [4.78, 5) is 37.3. The largest absolute Gasteiger partial charge is 0.290 e. The molecule has 0 bridgehead atoms. The van der Waals surface area contributed by atoms with Crippen molar-refractivity contribution in [1.82, 2.24) is 20.6 Å². The first-order valence-electron chi connectivity index (χ1n) is 9.76. The van der Waals surface area contributed by atoms with Crippen LogP contribution in [0.2, 0.25) is 0 Å². The first-order valence-corrected chi connectivity index (χ1v) is 9.76. The minimum absolute atomic E-state index is 0.0971. The van der Waals surface area contributed by atoms with Gasteiger partial charge in [-0.05, 0) is 48.9 Å². The second-order valence-corrected chi connectivity index (χ2v) is 7.15. The van der Waals surface area contributed by atoms with E-state index >= 15 is 0 Å². The normalized spacial score (nSPS) is 12.6. The van der Waals surface area contributed by atoms with Gasteiger partial charge in [-0.2, -0.15) is 5.10 Å². The Morgan fingerprint density at radius 3 is 2.59 bits per heavy atom. The second kappa shape index (κ2) is 7.87. The van der Waals surface area contributed by atoms with Crippen molar-refractivity contribution < 1.29 is 9.59 Å². The highest BCUT2D eigenvalue weighted by molar-refractivity contribution is 6.05. The third-order valence-corrected chi connectivity index (χ3v) is 5.23. The van der Waals surface area contributed by atoms with Gasteiger partial charge in [0.15, 0.2) is 5.69 Å². The Balaban J connectivity index is 1.48. The van der Waals surface area contributed by atoms with E-state index in [2.05, 4.69) is 28.1 Å². The Labute approximate surface area is 167 Å². The zero-order valence-electron chi connectivity index (χ0n) is 16.2. The topological polar surface area (TPSA) is 93.1 Å². The third-order valence-electron chi connectivity index (χ3n) is 5.23. The standard InChI is InChI=1S/C22H22N4O3/c1-2-26-22(29)18-9-4-3-8-17(18)20(25-26)21(28)24-23-19(27)13-14-10-11-15-6-5-7-16(15)12-14/h3-4,8-12H,2,5-7,13H2,1H3,(H,23,27)(H,24,28). The fourth-order valence-corrected chi connectivity index (χ4v) is 3.77. The number of aromatic nitrogens is 2. The van der Waals surface area contributed by atoms with Crippen LogP contribution in [0.5, 0.6) is 0 Å². The first-order chi connectivity index (χ1) is 14.1. The predicted molar refractivity (Wildman–Crippen MR) is 109 cm³/mol. The summed E-state index contributed by atoms with van der Waals surface area (Å²) in [6.45, 7) is 2.12. The van der Waals surface area contributed by atoms with Gasteiger partial charge in [0, 0.05) is 11.9 Å². The van der Waals surface area contributed by atoms with Gasteiger partial charge in [0.25, 0.3) is 11.5 Å². The van der Waals surface area contributed by atoms with Gasteiger partial charge < -0.3 is 0 Å². The molecule has 0 saturated carbocycles. The number of aryl methyl sites for hydroxylation is 3. The maximum absolute atomic E-state index is 12.6. The van der Waals surface area contributed by atoms with E-state index in [0.29, 0.717) is 17.3 Å². The number of fused-ring (bicyclic) bond motifs is 2. The van der Waals surface area contributed by atoms with Crippen LogP contribution in [0.3, 0.4) is 0 Å². The predicted octanol–water partition coefficient (Wildman–Crippen LogP) is 1.91. The summed E-state index contributed by atoms with van der Waals surface area (Å²) in [6.07, 6.45) is 3.48. The number of rotatable bonds is 4. The molecule has 0 saturated heterocycles. The molecule has 7 nitrogen and oxygen atoms in total. The molecule has 0 fully saturated rings. The number of hydrazine groups is 1. The van der Waals surface area contributed by atoms with Crippen LogP contribution in [0.25, 0.3) is 10.8 Å². The molecule has 7 heteroatoms. The molecule has 148 valence electrons. The average Bonchev–Trinajstić information content (AvgIpc) is 3.20. The molecule has 1 aliphatic carbocycles. The Hall–Kier alpha value is -3.48. The molecule has 1 aromatic heterocycles. The van der Waals surface area contributed by atoms with E-state index in [-0.39, 0.29) is 23.6 Å². The molecular formula is C22H22N4O3. The number of hydrogen-bond donors (Lipinski definition) is 2. The van der Waals surface area contributed by atoms with Crippen LogP contribution < -0.4 is 16.4 Å². The third kappa shape index (κ3) is 3.76. The maximum Gasteiger partial charge on any atom is 0.290 e. The van der Waals surface area contributed by atoms with E-state index in [4.69, 9.17) is 0 Å². The van der Waals surface area contributed by atoms with Crippen molar-refractivity contribution >= 4 is 22.6 Å². The fraction of sp³-hybridized carbons (Fsp3) is 0.273. The van der Waals surface area contributed by atoms with Gasteiger partial charge in [-0.1, -0.05) is 36.4 Å². The summed E-state index contributed by atoms with van der Waals surface area (Å²) in [7, 11) is 0. The number of nitrogens with one attached hydrogen (secondary N) is 2. The quantitative estimate of drug-likeness (QED) is 0.666. The van der Waals surface area contributed by atoms with Gasteiger partial charge in [-0.3, -0.25) is 25.2 Å². The van der Waals surface area contributed by atoms with Crippen LogP contribution in [0, 0.1) is 0 Å². The molecule has 1 aliphatic rings. The lowest BCUT2D eigenvalue weighted by atomic mass is 10.0. The lowest BCUT2D eigenvalue weighted by Crippen LogP contribution is -2.43. The van der Waals surface area contributed by atoms with E-state index < -0.39 is 5.91 Å². The molecule has 0 aliphatic heterocycles. The summed E-state index contributed by atoms with van der Waals surface area (Å²) in [5, 5.41) is 5.03. The Morgan fingerprint density at radius 2 is 1.79 bits per heavy atom. The first kappa shape index (κ1) is 18.9. The smallest absolute Gasteiger partial charge is 0.273 e. The highest BCUT2D eigenvalue weighted by atomic mass is 16.2. The zero-order chi connectivity index (χ0) is 20.4. The van der Waals surface area contributed by atoms with Gasteiger partial charge in [-0.25, -0.2) is 4.68 Å². The average molecular weight is 390 g/mol. The van der Waals surface area contributed by atoms with Crippen molar-refractivity contribution in [2.24, 2.45) is 0 Å². The summed E-state index contributed by atoms with van der Waals surface area (Å²) >= 11 is 0. The minimum Gasteiger partial charge on any atom is -0.273 e. The summed E-state index contributed by atoms with van der Waals surface area (Å²) in [5.74, 6) is -0.880. The number of benzene rings is 2. The van der Waals surface area contributed by atoms with Gasteiger partial charge in [0.1, 0.15) is 0 Å². The van der Waals surface area contributed by atoms with Crippen molar-refractivity contribution in [2.75, 3.05) is 0 Å². The molecule has 1 heterocycles. The summed E-state index contributed by atoms with van der Waals surface area (Å²) in [5.41, 5.74) is 8.29. The van der Waals surface area contributed by atoms with Crippen molar-refractivity contribution in [2.45, 2.75) is 39.2 Å². The van der Waals surface area contributed by atoms with Gasteiger partial charge in [-0.15, -0.1) is 0 Å². The van der Waals surface area contributed by atoms with E-state index in [9.17, 15) is 14.4 Å².